The molecule has 0 N–H and O–H groups in total. The molecule has 0 aliphatic rings. The molecule has 3 nitrogen and oxygen atoms in total. The minimum Gasteiger partial charge on any atom is -0.496 e. The molecule has 6 heteroatoms. The van der Waals surface area contributed by atoms with Crippen LogP contribution in [0.5, 0.6) is 11.5 Å². The topological polar surface area (TPSA) is 35.5 Å². The van der Waals surface area contributed by atoms with Crippen LogP contribution in [0, 0.1) is 3.57 Å². The molecule has 0 aliphatic carbocycles. The van der Waals surface area contributed by atoms with Gasteiger partial charge in [-0.15, -0.1) is 0 Å². The molecule has 0 amide bonds. The fourth-order valence-corrected chi connectivity index (χ4v) is 3.47. The van der Waals surface area contributed by atoms with E-state index < -0.39 is 0 Å². The van der Waals surface area contributed by atoms with Gasteiger partial charge in [0.1, 0.15) is 18.1 Å². The van der Waals surface area contributed by atoms with Crippen LogP contribution in [0.2, 0.25) is 10.0 Å². The molecule has 3 rings (SSSR count). The minimum absolute atomic E-state index is 0.0528. The largest absolute Gasteiger partial charge is 0.496 e. The fourth-order valence-electron chi connectivity index (χ4n) is 2.65. The number of hydrogen-bond donors (Lipinski definition) is 0. The van der Waals surface area contributed by atoms with Crippen LogP contribution in [-0.2, 0) is 6.61 Å². The molecule has 0 saturated heterocycles. The van der Waals surface area contributed by atoms with E-state index in [-0.39, 0.29) is 12.4 Å². The molecule has 0 spiro atoms. The molecular formula is C23H17Cl2IO3. The van der Waals surface area contributed by atoms with Gasteiger partial charge in [-0.05, 0) is 76.7 Å². The first-order chi connectivity index (χ1) is 14.0. The number of benzene rings is 3. The minimum atomic E-state index is -0.0528. The molecule has 3 aromatic carbocycles. The molecule has 0 unspecified atom stereocenters. The Balaban J connectivity index is 1.75. The van der Waals surface area contributed by atoms with Gasteiger partial charge in [0, 0.05) is 19.7 Å². The Morgan fingerprint density at radius 2 is 1.72 bits per heavy atom. The summed E-state index contributed by atoms with van der Waals surface area (Å²) in [6.07, 6.45) is 3.34. The third-order valence-corrected chi connectivity index (χ3v) is 5.39. The quantitative estimate of drug-likeness (QED) is 0.183. The Labute approximate surface area is 193 Å². The van der Waals surface area contributed by atoms with E-state index >= 15 is 0 Å². The standard InChI is InChI=1S/C23H17Cl2IO3/c1-28-22-10-3-15(2-9-21(27)16-4-7-19(26)8-5-16)12-17(22)14-29-23-11-6-18(24)13-20(23)25/h2-13H,14H2,1H3. The van der Waals surface area contributed by atoms with Gasteiger partial charge in [0.2, 0.25) is 0 Å². The zero-order valence-electron chi connectivity index (χ0n) is 15.5. The summed E-state index contributed by atoms with van der Waals surface area (Å²) in [6.45, 7) is 0.261. The molecule has 0 fully saturated rings. The number of halogens is 3. The molecule has 29 heavy (non-hydrogen) atoms. The summed E-state index contributed by atoms with van der Waals surface area (Å²) in [5.41, 5.74) is 2.35. The molecule has 3 aromatic rings. The molecule has 0 atom stereocenters. The van der Waals surface area contributed by atoms with Gasteiger partial charge < -0.3 is 9.47 Å². The average Bonchev–Trinajstić information content (AvgIpc) is 2.72. The third-order valence-electron chi connectivity index (χ3n) is 4.14. The van der Waals surface area contributed by atoms with E-state index in [9.17, 15) is 4.79 Å². The zero-order valence-corrected chi connectivity index (χ0v) is 19.2. The van der Waals surface area contributed by atoms with E-state index in [1.807, 2.05) is 42.5 Å². The highest BCUT2D eigenvalue weighted by Gasteiger charge is 2.08. The van der Waals surface area contributed by atoms with Crippen molar-refractivity contribution in [2.45, 2.75) is 6.61 Å². The van der Waals surface area contributed by atoms with E-state index in [1.54, 1.807) is 37.5 Å². The van der Waals surface area contributed by atoms with Crippen LogP contribution in [0.4, 0.5) is 0 Å². The van der Waals surface area contributed by atoms with Crippen LogP contribution < -0.4 is 9.47 Å². The van der Waals surface area contributed by atoms with Crippen molar-refractivity contribution in [3.63, 3.8) is 0 Å². The number of allylic oxidation sites excluding steroid dienone is 1. The number of ether oxygens (including phenoxy) is 2. The fraction of sp³-hybridized carbons (Fsp3) is 0.0870. The summed E-state index contributed by atoms with van der Waals surface area (Å²) in [5.74, 6) is 1.17. The lowest BCUT2D eigenvalue weighted by molar-refractivity contribution is 0.104. The second-order valence-corrected chi connectivity index (χ2v) is 8.23. The lowest BCUT2D eigenvalue weighted by atomic mass is 10.1. The van der Waals surface area contributed by atoms with Gasteiger partial charge >= 0.3 is 0 Å². The highest BCUT2D eigenvalue weighted by atomic mass is 127. The summed E-state index contributed by atoms with van der Waals surface area (Å²) < 4.78 is 12.3. The van der Waals surface area contributed by atoms with E-state index in [0.717, 1.165) is 14.7 Å². The van der Waals surface area contributed by atoms with Crippen molar-refractivity contribution in [1.29, 1.82) is 0 Å². The van der Waals surface area contributed by atoms with E-state index in [1.165, 1.54) is 0 Å². The summed E-state index contributed by atoms with van der Waals surface area (Å²) in [7, 11) is 1.60. The average molecular weight is 539 g/mol. The number of ketones is 1. The molecule has 0 radical (unpaired) electrons. The summed E-state index contributed by atoms with van der Waals surface area (Å²) in [6, 6.07) is 18.2. The van der Waals surface area contributed by atoms with E-state index in [2.05, 4.69) is 22.6 Å². The zero-order chi connectivity index (χ0) is 20.8. The molecule has 0 heterocycles. The SMILES string of the molecule is COc1ccc(C=CC(=O)c2ccc(I)cc2)cc1COc1ccc(Cl)cc1Cl. The van der Waals surface area contributed by atoms with Gasteiger partial charge in [-0.1, -0.05) is 47.5 Å². The molecule has 148 valence electrons. The van der Waals surface area contributed by atoms with Gasteiger partial charge in [0.25, 0.3) is 0 Å². The maximum atomic E-state index is 12.3. The Morgan fingerprint density at radius 3 is 2.41 bits per heavy atom. The number of methoxy groups -OCH3 is 1. The van der Waals surface area contributed by atoms with Gasteiger partial charge in [0.15, 0.2) is 5.78 Å². The first kappa shape index (κ1) is 21.7. The Bertz CT molecular complexity index is 1050. The van der Waals surface area contributed by atoms with Crippen LogP contribution >= 0.6 is 45.8 Å². The number of hydrogen-bond acceptors (Lipinski definition) is 3. The first-order valence-electron chi connectivity index (χ1n) is 8.69. The number of carbonyl (C=O) groups is 1. The van der Waals surface area contributed by atoms with E-state index in [4.69, 9.17) is 32.7 Å². The van der Waals surface area contributed by atoms with Crippen molar-refractivity contribution in [3.05, 3.63) is 97.0 Å². The normalized spacial score (nSPS) is 10.9. The van der Waals surface area contributed by atoms with Crippen molar-refractivity contribution >= 4 is 57.7 Å². The van der Waals surface area contributed by atoms with Gasteiger partial charge in [-0.25, -0.2) is 0 Å². The molecular weight excluding hydrogens is 522 g/mol. The summed E-state index contributed by atoms with van der Waals surface area (Å²) in [4.78, 5) is 12.3. The van der Waals surface area contributed by atoms with Gasteiger partial charge in [-0.2, -0.15) is 0 Å². The Kier molecular flexibility index (Phi) is 7.58. The smallest absolute Gasteiger partial charge is 0.185 e. The molecule has 0 bridgehead atoms. The number of rotatable bonds is 7. The van der Waals surface area contributed by atoms with Crippen LogP contribution in [0.1, 0.15) is 21.5 Å². The second kappa shape index (κ2) is 10.1. The highest BCUT2D eigenvalue weighted by molar-refractivity contribution is 14.1. The second-order valence-electron chi connectivity index (χ2n) is 6.14. The molecule has 0 aliphatic heterocycles. The first-order valence-corrected chi connectivity index (χ1v) is 10.5. The Morgan fingerprint density at radius 1 is 1.00 bits per heavy atom. The van der Waals surface area contributed by atoms with Crippen LogP contribution in [0.15, 0.2) is 66.7 Å². The lowest BCUT2D eigenvalue weighted by Gasteiger charge is -2.12. The van der Waals surface area contributed by atoms with Crippen LogP contribution in [0.25, 0.3) is 6.08 Å². The maximum Gasteiger partial charge on any atom is 0.185 e. The van der Waals surface area contributed by atoms with Crippen molar-refractivity contribution in [2.75, 3.05) is 7.11 Å². The van der Waals surface area contributed by atoms with Gasteiger partial charge in [0.05, 0.1) is 12.1 Å². The van der Waals surface area contributed by atoms with Crippen molar-refractivity contribution in [1.82, 2.24) is 0 Å². The maximum absolute atomic E-state index is 12.3. The van der Waals surface area contributed by atoms with Crippen molar-refractivity contribution in [3.8, 4) is 11.5 Å². The van der Waals surface area contributed by atoms with Crippen LogP contribution in [-0.4, -0.2) is 12.9 Å². The monoisotopic (exact) mass is 538 g/mol. The van der Waals surface area contributed by atoms with Crippen LogP contribution in [0.3, 0.4) is 0 Å². The summed E-state index contributed by atoms with van der Waals surface area (Å²) >= 11 is 14.3. The third kappa shape index (κ3) is 5.98. The molecule has 0 saturated carbocycles. The number of carbonyl (C=O) groups excluding carboxylic acids is 1. The van der Waals surface area contributed by atoms with E-state index in [0.29, 0.717) is 27.1 Å². The predicted molar refractivity (Wildman–Crippen MR) is 126 cm³/mol. The predicted octanol–water partition coefficient (Wildman–Crippen LogP) is 7.08. The molecule has 0 aromatic heterocycles. The lowest BCUT2D eigenvalue weighted by Crippen LogP contribution is -2.00. The van der Waals surface area contributed by atoms with Crippen molar-refractivity contribution < 1.29 is 14.3 Å². The summed E-state index contributed by atoms with van der Waals surface area (Å²) in [5, 5.41) is 0.987. The van der Waals surface area contributed by atoms with Gasteiger partial charge in [-0.3, -0.25) is 4.79 Å². The highest BCUT2D eigenvalue weighted by Crippen LogP contribution is 2.29. The van der Waals surface area contributed by atoms with Crippen molar-refractivity contribution in [2.24, 2.45) is 0 Å². The Hall–Kier alpha value is -2.02.